The Labute approximate surface area is 201 Å². The molecule has 5 aromatic rings. The molecule has 0 unspecified atom stereocenters. The Morgan fingerprint density at radius 2 is 1.80 bits per heavy atom. The van der Waals surface area contributed by atoms with Crippen LogP contribution in [0.2, 0.25) is 0 Å². The number of benzene rings is 1. The van der Waals surface area contributed by atoms with E-state index in [0.29, 0.717) is 23.1 Å². The summed E-state index contributed by atoms with van der Waals surface area (Å²) < 4.78 is 1.79. The molecule has 1 N–H and O–H groups in total. The molecule has 1 fully saturated rings. The van der Waals surface area contributed by atoms with Crippen molar-refractivity contribution in [2.24, 2.45) is 0 Å². The van der Waals surface area contributed by atoms with Crippen LogP contribution in [-0.4, -0.2) is 40.6 Å². The highest BCUT2D eigenvalue weighted by atomic mass is 16.1. The summed E-state index contributed by atoms with van der Waals surface area (Å²) in [5, 5.41) is 11.2. The minimum Gasteiger partial charge on any atom is -0.321 e. The lowest BCUT2D eigenvalue weighted by atomic mass is 10.1. The summed E-state index contributed by atoms with van der Waals surface area (Å²) >= 11 is 0. The molecule has 1 aromatic carbocycles. The summed E-state index contributed by atoms with van der Waals surface area (Å²) in [4.78, 5) is 30.0. The number of anilines is 1. The number of rotatable bonds is 6. The van der Waals surface area contributed by atoms with Crippen LogP contribution in [0.4, 0.5) is 5.69 Å². The lowest BCUT2D eigenvalue weighted by Crippen LogP contribution is -2.13. The number of hydrogen-bond acceptors (Lipinski definition) is 7. The monoisotopic (exact) mass is 460 g/mol. The summed E-state index contributed by atoms with van der Waals surface area (Å²) in [5.74, 6) is 0.913. The van der Waals surface area contributed by atoms with E-state index in [1.807, 2.05) is 36.5 Å². The first-order chi connectivity index (χ1) is 17.2. The Kier molecular flexibility index (Phi) is 5.27. The second-order valence-corrected chi connectivity index (χ2v) is 8.33. The third-order valence-electron chi connectivity index (χ3n) is 5.86. The molecule has 170 valence electrons. The lowest BCUT2D eigenvalue weighted by Gasteiger charge is -2.09. The van der Waals surface area contributed by atoms with Gasteiger partial charge < -0.3 is 5.32 Å². The van der Waals surface area contributed by atoms with Crippen molar-refractivity contribution in [3.63, 3.8) is 0 Å². The molecule has 0 bridgehead atoms. The van der Waals surface area contributed by atoms with Gasteiger partial charge in [-0.05, 0) is 48.7 Å². The van der Waals surface area contributed by atoms with Crippen molar-refractivity contribution in [2.45, 2.75) is 18.8 Å². The highest BCUT2D eigenvalue weighted by Crippen LogP contribution is 2.39. The molecule has 0 saturated heterocycles. The van der Waals surface area contributed by atoms with Gasteiger partial charge in [-0.15, -0.1) is 10.2 Å². The van der Waals surface area contributed by atoms with Gasteiger partial charge in [-0.1, -0.05) is 18.2 Å². The van der Waals surface area contributed by atoms with Crippen molar-refractivity contribution in [3.05, 3.63) is 97.4 Å². The number of carbonyl (C=O) groups is 1. The van der Waals surface area contributed by atoms with E-state index in [1.165, 1.54) is 19.2 Å². The van der Waals surface area contributed by atoms with Crippen LogP contribution in [0, 0.1) is 0 Å². The van der Waals surface area contributed by atoms with Crippen LogP contribution >= 0.6 is 0 Å². The van der Waals surface area contributed by atoms with Crippen molar-refractivity contribution in [1.82, 2.24) is 34.7 Å². The van der Waals surface area contributed by atoms with Crippen molar-refractivity contribution in [1.29, 1.82) is 0 Å². The zero-order valence-electron chi connectivity index (χ0n) is 18.6. The topological polar surface area (TPSA) is 111 Å². The van der Waals surface area contributed by atoms with Gasteiger partial charge in [0.15, 0.2) is 5.82 Å². The van der Waals surface area contributed by atoms with Crippen molar-refractivity contribution < 1.29 is 4.79 Å². The second kappa shape index (κ2) is 8.86. The number of hydrogen-bond donors (Lipinski definition) is 1. The molecule has 1 aliphatic rings. The molecule has 4 heterocycles. The van der Waals surface area contributed by atoms with Crippen molar-refractivity contribution >= 4 is 11.6 Å². The minimum atomic E-state index is -0.301. The molecule has 0 atom stereocenters. The fourth-order valence-corrected chi connectivity index (χ4v) is 3.90. The molecule has 0 radical (unpaired) electrons. The first kappa shape index (κ1) is 20.8. The van der Waals surface area contributed by atoms with Gasteiger partial charge in [0, 0.05) is 40.8 Å². The molecular formula is C26H20N8O. The summed E-state index contributed by atoms with van der Waals surface area (Å²) in [7, 11) is 0. The van der Waals surface area contributed by atoms with Gasteiger partial charge in [-0.2, -0.15) is 0 Å². The molecule has 0 aliphatic heterocycles. The summed E-state index contributed by atoms with van der Waals surface area (Å²) in [6, 6.07) is 15.2. The third-order valence-corrected chi connectivity index (χ3v) is 5.86. The maximum absolute atomic E-state index is 13.0. The van der Waals surface area contributed by atoms with Gasteiger partial charge in [0.25, 0.3) is 5.91 Å². The molecule has 6 rings (SSSR count). The van der Waals surface area contributed by atoms with E-state index in [4.69, 9.17) is 0 Å². The predicted octanol–water partition coefficient (Wildman–Crippen LogP) is 4.31. The largest absolute Gasteiger partial charge is 0.321 e. The lowest BCUT2D eigenvalue weighted by molar-refractivity contribution is 0.102. The fourth-order valence-electron chi connectivity index (χ4n) is 3.90. The van der Waals surface area contributed by atoms with Crippen LogP contribution in [0.25, 0.3) is 28.2 Å². The normalized spacial score (nSPS) is 12.9. The molecule has 1 amide bonds. The van der Waals surface area contributed by atoms with Gasteiger partial charge >= 0.3 is 0 Å². The molecule has 1 aliphatic carbocycles. The van der Waals surface area contributed by atoms with E-state index >= 15 is 0 Å². The Morgan fingerprint density at radius 1 is 0.914 bits per heavy atom. The SMILES string of the molecule is O=C(Nc1cccc(-c2nncn2-c2cncnc2)c1)c1cc(-c2ccc(C3CC3)nc2)ccn1. The summed E-state index contributed by atoms with van der Waals surface area (Å²) in [5.41, 5.74) is 5.45. The van der Waals surface area contributed by atoms with E-state index in [0.717, 1.165) is 28.1 Å². The van der Waals surface area contributed by atoms with Crippen LogP contribution < -0.4 is 5.32 Å². The highest BCUT2D eigenvalue weighted by Gasteiger charge is 2.24. The third kappa shape index (κ3) is 4.39. The molecule has 9 nitrogen and oxygen atoms in total. The van der Waals surface area contributed by atoms with Crippen molar-refractivity contribution in [2.75, 3.05) is 5.32 Å². The number of amides is 1. The first-order valence-corrected chi connectivity index (χ1v) is 11.2. The standard InChI is InChI=1S/C26H20N8O/c35-26(24-11-18(8-9-29-24)20-6-7-23(30-12-20)17-4-5-17)32-21-3-1-2-19(10-21)25-33-31-16-34(25)22-13-27-15-28-14-22/h1-3,6-17H,4-5H2,(H,32,35). The van der Waals surface area contributed by atoms with Crippen LogP contribution in [0.1, 0.15) is 34.9 Å². The van der Waals surface area contributed by atoms with Gasteiger partial charge in [-0.25, -0.2) is 9.97 Å². The molecule has 9 heteroatoms. The average Bonchev–Trinajstić information content (AvgIpc) is 3.65. The maximum atomic E-state index is 13.0. The zero-order chi connectivity index (χ0) is 23.6. The van der Waals surface area contributed by atoms with Crippen LogP contribution in [0.15, 0.2) is 86.0 Å². The van der Waals surface area contributed by atoms with Crippen LogP contribution in [0.5, 0.6) is 0 Å². The van der Waals surface area contributed by atoms with E-state index < -0.39 is 0 Å². The maximum Gasteiger partial charge on any atom is 0.274 e. The van der Waals surface area contributed by atoms with Gasteiger partial charge in [0.1, 0.15) is 18.3 Å². The highest BCUT2D eigenvalue weighted by molar-refractivity contribution is 6.03. The number of pyridine rings is 2. The Balaban J connectivity index is 1.22. The fraction of sp³-hybridized carbons (Fsp3) is 0.115. The quantitative estimate of drug-likeness (QED) is 0.402. The van der Waals surface area contributed by atoms with Crippen LogP contribution in [0.3, 0.4) is 0 Å². The molecule has 0 spiro atoms. The molecule has 35 heavy (non-hydrogen) atoms. The predicted molar refractivity (Wildman–Crippen MR) is 130 cm³/mol. The average molecular weight is 461 g/mol. The molecule has 4 aromatic heterocycles. The Hall–Kier alpha value is -4.79. The number of aromatic nitrogens is 7. The molecule has 1 saturated carbocycles. The second-order valence-electron chi connectivity index (χ2n) is 8.33. The van der Waals surface area contributed by atoms with Crippen molar-refractivity contribution in [3.8, 4) is 28.2 Å². The van der Waals surface area contributed by atoms with E-state index in [9.17, 15) is 4.79 Å². The zero-order valence-corrected chi connectivity index (χ0v) is 18.6. The number of nitrogens with one attached hydrogen (secondary N) is 1. The van der Waals surface area contributed by atoms with E-state index in [2.05, 4.69) is 47.6 Å². The van der Waals surface area contributed by atoms with Gasteiger partial charge in [0.05, 0.1) is 18.1 Å². The first-order valence-electron chi connectivity index (χ1n) is 11.2. The Morgan fingerprint density at radius 3 is 2.60 bits per heavy atom. The number of nitrogens with zero attached hydrogens (tertiary/aromatic N) is 7. The van der Waals surface area contributed by atoms with Crippen LogP contribution in [-0.2, 0) is 0 Å². The number of carbonyl (C=O) groups excluding carboxylic acids is 1. The van der Waals surface area contributed by atoms with Gasteiger partial charge in [0.2, 0.25) is 0 Å². The van der Waals surface area contributed by atoms with E-state index in [-0.39, 0.29) is 5.91 Å². The smallest absolute Gasteiger partial charge is 0.274 e. The summed E-state index contributed by atoms with van der Waals surface area (Å²) in [6.45, 7) is 0. The minimum absolute atomic E-state index is 0.301. The summed E-state index contributed by atoms with van der Waals surface area (Å²) in [6.07, 6.45) is 12.4. The van der Waals surface area contributed by atoms with E-state index in [1.54, 1.807) is 35.6 Å². The molecular weight excluding hydrogens is 440 g/mol. The Bertz CT molecular complexity index is 1490. The van der Waals surface area contributed by atoms with Gasteiger partial charge in [-0.3, -0.25) is 19.3 Å².